The molecule has 0 aliphatic carbocycles. The molecule has 0 fully saturated rings. The molecule has 1 aromatic heterocycles. The molecule has 0 aliphatic rings. The SMILES string of the molecule is COC(=O)c1cnn(C)c1C(=O)CCN. The lowest BCUT2D eigenvalue weighted by atomic mass is 10.1. The number of methoxy groups -OCH3 is 1. The fourth-order valence-electron chi connectivity index (χ4n) is 1.28. The van der Waals surface area contributed by atoms with Crippen molar-refractivity contribution in [3.63, 3.8) is 0 Å². The number of hydrogen-bond donors (Lipinski definition) is 1. The molecule has 0 aliphatic heterocycles. The topological polar surface area (TPSA) is 87.2 Å². The molecule has 1 rings (SSSR count). The van der Waals surface area contributed by atoms with Gasteiger partial charge in [0.2, 0.25) is 0 Å². The second-order valence-electron chi connectivity index (χ2n) is 2.98. The first kappa shape index (κ1) is 11.4. The molecule has 6 nitrogen and oxygen atoms in total. The molecule has 1 heterocycles. The fraction of sp³-hybridized carbons (Fsp3) is 0.444. The van der Waals surface area contributed by atoms with E-state index in [2.05, 4.69) is 9.84 Å². The Kier molecular flexibility index (Phi) is 3.56. The van der Waals surface area contributed by atoms with Crippen molar-refractivity contribution in [2.24, 2.45) is 12.8 Å². The van der Waals surface area contributed by atoms with Crippen molar-refractivity contribution in [1.82, 2.24) is 9.78 Å². The Balaban J connectivity index is 3.09. The van der Waals surface area contributed by atoms with Crippen LogP contribution in [0.3, 0.4) is 0 Å². The molecule has 0 radical (unpaired) electrons. The molecule has 82 valence electrons. The highest BCUT2D eigenvalue weighted by atomic mass is 16.5. The van der Waals surface area contributed by atoms with Gasteiger partial charge in [-0.3, -0.25) is 9.48 Å². The highest BCUT2D eigenvalue weighted by Gasteiger charge is 2.21. The van der Waals surface area contributed by atoms with Crippen LogP contribution in [-0.2, 0) is 11.8 Å². The standard InChI is InChI=1S/C9H13N3O3/c1-12-8(7(13)3-4-10)6(5-11-12)9(14)15-2/h5H,3-4,10H2,1-2H3. The highest BCUT2D eigenvalue weighted by molar-refractivity contribution is 6.05. The summed E-state index contributed by atoms with van der Waals surface area (Å²) in [4.78, 5) is 22.9. The molecular formula is C9H13N3O3. The minimum atomic E-state index is -0.566. The van der Waals surface area contributed by atoms with Crippen LogP contribution < -0.4 is 5.73 Å². The molecule has 2 N–H and O–H groups in total. The van der Waals surface area contributed by atoms with Gasteiger partial charge in [-0.25, -0.2) is 4.79 Å². The van der Waals surface area contributed by atoms with Crippen LogP contribution in [0.1, 0.15) is 27.3 Å². The van der Waals surface area contributed by atoms with Gasteiger partial charge in [-0.05, 0) is 6.54 Å². The van der Waals surface area contributed by atoms with Crippen LogP contribution in [0, 0.1) is 0 Å². The summed E-state index contributed by atoms with van der Waals surface area (Å²) in [7, 11) is 2.85. The summed E-state index contributed by atoms with van der Waals surface area (Å²) in [6.07, 6.45) is 1.50. The Morgan fingerprint density at radius 3 is 2.80 bits per heavy atom. The first-order chi connectivity index (χ1) is 7.11. The summed E-state index contributed by atoms with van der Waals surface area (Å²) in [6, 6.07) is 0. The molecule has 0 amide bonds. The van der Waals surface area contributed by atoms with Crippen LogP contribution in [0.4, 0.5) is 0 Å². The van der Waals surface area contributed by atoms with Crippen molar-refractivity contribution in [2.75, 3.05) is 13.7 Å². The average Bonchev–Trinajstić information content (AvgIpc) is 2.59. The molecule has 0 saturated heterocycles. The maximum Gasteiger partial charge on any atom is 0.341 e. The van der Waals surface area contributed by atoms with Crippen LogP contribution >= 0.6 is 0 Å². The van der Waals surface area contributed by atoms with Crippen LogP contribution in [0.15, 0.2) is 6.20 Å². The lowest BCUT2D eigenvalue weighted by Gasteiger charge is -2.02. The maximum absolute atomic E-state index is 11.6. The first-order valence-electron chi connectivity index (χ1n) is 4.45. The van der Waals surface area contributed by atoms with Crippen molar-refractivity contribution in [3.05, 3.63) is 17.5 Å². The van der Waals surface area contributed by atoms with Gasteiger partial charge in [0.15, 0.2) is 5.78 Å². The summed E-state index contributed by atoms with van der Waals surface area (Å²) >= 11 is 0. The van der Waals surface area contributed by atoms with Gasteiger partial charge in [0, 0.05) is 13.5 Å². The van der Waals surface area contributed by atoms with E-state index in [0.717, 1.165) is 0 Å². The van der Waals surface area contributed by atoms with Gasteiger partial charge in [0.1, 0.15) is 11.3 Å². The van der Waals surface area contributed by atoms with E-state index in [1.54, 1.807) is 7.05 Å². The van der Waals surface area contributed by atoms with E-state index in [0.29, 0.717) is 0 Å². The van der Waals surface area contributed by atoms with E-state index in [9.17, 15) is 9.59 Å². The molecule has 0 aromatic carbocycles. The molecule has 1 aromatic rings. The van der Waals surface area contributed by atoms with Crippen molar-refractivity contribution >= 4 is 11.8 Å². The maximum atomic E-state index is 11.6. The number of carbonyl (C=O) groups is 2. The molecule has 0 spiro atoms. The predicted molar refractivity (Wildman–Crippen MR) is 52.5 cm³/mol. The molecule has 0 unspecified atom stereocenters. The highest BCUT2D eigenvalue weighted by Crippen LogP contribution is 2.11. The zero-order valence-electron chi connectivity index (χ0n) is 8.69. The second-order valence-corrected chi connectivity index (χ2v) is 2.98. The molecule has 0 atom stereocenters. The smallest absolute Gasteiger partial charge is 0.341 e. The van der Waals surface area contributed by atoms with Crippen LogP contribution in [0.25, 0.3) is 0 Å². The Labute approximate surface area is 87.0 Å². The lowest BCUT2D eigenvalue weighted by molar-refractivity contribution is 0.0596. The number of ketones is 1. The van der Waals surface area contributed by atoms with Crippen molar-refractivity contribution < 1.29 is 14.3 Å². The van der Waals surface area contributed by atoms with E-state index in [-0.39, 0.29) is 30.0 Å². The summed E-state index contributed by atoms with van der Waals surface area (Å²) < 4.78 is 5.89. The minimum Gasteiger partial charge on any atom is -0.465 e. The number of rotatable bonds is 4. The number of esters is 1. The van der Waals surface area contributed by atoms with Crippen LogP contribution in [0.5, 0.6) is 0 Å². The van der Waals surface area contributed by atoms with E-state index < -0.39 is 5.97 Å². The van der Waals surface area contributed by atoms with Gasteiger partial charge in [-0.15, -0.1) is 0 Å². The fourth-order valence-corrected chi connectivity index (χ4v) is 1.28. The number of hydrogen-bond acceptors (Lipinski definition) is 5. The summed E-state index contributed by atoms with van der Waals surface area (Å²) in [5.74, 6) is -0.777. The Bertz CT molecular complexity index is 384. The Morgan fingerprint density at radius 1 is 1.60 bits per heavy atom. The number of nitrogens with zero attached hydrogens (tertiary/aromatic N) is 2. The lowest BCUT2D eigenvalue weighted by Crippen LogP contribution is -2.16. The van der Waals surface area contributed by atoms with Gasteiger partial charge in [-0.1, -0.05) is 0 Å². The zero-order chi connectivity index (χ0) is 11.4. The third kappa shape index (κ3) is 2.21. The van der Waals surface area contributed by atoms with Crippen molar-refractivity contribution in [3.8, 4) is 0 Å². The van der Waals surface area contributed by atoms with Crippen LogP contribution in [0.2, 0.25) is 0 Å². The van der Waals surface area contributed by atoms with E-state index in [4.69, 9.17) is 5.73 Å². The summed E-state index contributed by atoms with van der Waals surface area (Å²) in [5, 5.41) is 3.84. The third-order valence-electron chi connectivity index (χ3n) is 1.98. The molecule has 0 saturated carbocycles. The molecule has 6 heteroatoms. The first-order valence-corrected chi connectivity index (χ1v) is 4.45. The quantitative estimate of drug-likeness (QED) is 0.547. The van der Waals surface area contributed by atoms with Crippen molar-refractivity contribution in [1.29, 1.82) is 0 Å². The number of aromatic nitrogens is 2. The summed E-state index contributed by atoms with van der Waals surface area (Å²) in [6.45, 7) is 0.241. The van der Waals surface area contributed by atoms with Gasteiger partial charge in [-0.2, -0.15) is 5.10 Å². The van der Waals surface area contributed by atoms with Crippen LogP contribution in [-0.4, -0.2) is 35.2 Å². The second kappa shape index (κ2) is 4.70. The summed E-state index contributed by atoms with van der Waals surface area (Å²) in [5.41, 5.74) is 5.70. The number of aryl methyl sites for hydroxylation is 1. The molecule has 15 heavy (non-hydrogen) atoms. The number of Topliss-reactive ketones (excluding diaryl/α,β-unsaturated/α-hetero) is 1. The zero-order valence-corrected chi connectivity index (χ0v) is 8.69. The number of nitrogens with two attached hydrogens (primary N) is 1. The molecule has 0 bridgehead atoms. The van der Waals surface area contributed by atoms with E-state index >= 15 is 0 Å². The largest absolute Gasteiger partial charge is 0.465 e. The van der Waals surface area contributed by atoms with E-state index in [1.165, 1.54) is 18.0 Å². The average molecular weight is 211 g/mol. The molecular weight excluding hydrogens is 198 g/mol. The number of carbonyl (C=O) groups excluding carboxylic acids is 2. The van der Waals surface area contributed by atoms with Crippen molar-refractivity contribution in [2.45, 2.75) is 6.42 Å². The van der Waals surface area contributed by atoms with Gasteiger partial charge < -0.3 is 10.5 Å². The predicted octanol–water partition coefficient (Wildman–Crippen LogP) is -0.262. The van der Waals surface area contributed by atoms with E-state index in [1.807, 2.05) is 0 Å². The van der Waals surface area contributed by atoms with Gasteiger partial charge in [0.25, 0.3) is 0 Å². The number of ether oxygens (including phenoxy) is 1. The van der Waals surface area contributed by atoms with Gasteiger partial charge >= 0.3 is 5.97 Å². The monoisotopic (exact) mass is 211 g/mol. The Morgan fingerprint density at radius 2 is 2.27 bits per heavy atom. The van der Waals surface area contributed by atoms with Gasteiger partial charge in [0.05, 0.1) is 13.3 Å². The normalized spacial score (nSPS) is 10.1. The third-order valence-corrected chi connectivity index (χ3v) is 1.98. The Hall–Kier alpha value is -1.69. The minimum absolute atomic E-state index is 0.179.